The lowest BCUT2D eigenvalue weighted by atomic mass is 9.86. The average molecular weight is 831 g/mol. The monoisotopic (exact) mass is 830 g/mol. The Labute approximate surface area is 379 Å². The first-order chi connectivity index (χ1) is 30.7. The summed E-state index contributed by atoms with van der Waals surface area (Å²) in [6.45, 7) is 26.9. The van der Waals surface area contributed by atoms with Crippen molar-refractivity contribution in [2.45, 2.75) is 83.1 Å². The van der Waals surface area contributed by atoms with Crippen molar-refractivity contribution in [3.63, 3.8) is 0 Å². The molecule has 0 unspecified atom stereocenters. The molecule has 0 spiro atoms. The van der Waals surface area contributed by atoms with Gasteiger partial charge in [0.2, 0.25) is 0 Å². The van der Waals surface area contributed by atoms with E-state index in [-0.39, 0.29) is 0 Å². The lowest BCUT2D eigenvalue weighted by molar-refractivity contribution is 1.16. The first-order valence-electron chi connectivity index (χ1n) is 22.8. The minimum Gasteiger partial charge on any atom is -0.309 e. The highest BCUT2D eigenvalue weighted by Gasteiger charge is 2.25. The van der Waals surface area contributed by atoms with Crippen molar-refractivity contribution in [2.75, 3.05) is 9.80 Å². The zero-order valence-electron chi connectivity index (χ0n) is 39.6. The Morgan fingerprint density at radius 2 is 0.469 bits per heavy atom. The Morgan fingerprint density at radius 1 is 0.234 bits per heavy atom. The SMILES string of the molecule is Cc1cc(C)c(N(c2ccc3c(c2)c2ccccc2c2c4ccc(N(c5c(C)cc(C)cc5C)c5c(C)cc(C)cc5C)cc4c4ccccc4c32)c2c(C)cc(C)cc2C)c(C)c1. The molecule has 0 saturated carbocycles. The second-order valence-corrected chi connectivity index (χ2v) is 19.0. The van der Waals surface area contributed by atoms with E-state index < -0.39 is 0 Å². The van der Waals surface area contributed by atoms with Crippen molar-refractivity contribution in [3.8, 4) is 0 Å². The van der Waals surface area contributed by atoms with Crippen LogP contribution in [0.5, 0.6) is 0 Å². The third-order valence-corrected chi connectivity index (χ3v) is 13.7. The van der Waals surface area contributed by atoms with E-state index in [1.54, 1.807) is 0 Å². The molecule has 10 aromatic rings. The molecule has 0 aromatic heterocycles. The molecule has 2 nitrogen and oxygen atoms in total. The first-order valence-corrected chi connectivity index (χ1v) is 22.8. The Balaban J connectivity index is 1.29. The second-order valence-electron chi connectivity index (χ2n) is 19.0. The molecule has 64 heavy (non-hydrogen) atoms. The van der Waals surface area contributed by atoms with Gasteiger partial charge in [-0.3, -0.25) is 0 Å². The van der Waals surface area contributed by atoms with Crippen LogP contribution >= 0.6 is 0 Å². The fourth-order valence-corrected chi connectivity index (χ4v) is 11.8. The van der Waals surface area contributed by atoms with Gasteiger partial charge in [-0.25, -0.2) is 0 Å². The minimum absolute atomic E-state index is 1.17. The molecule has 0 radical (unpaired) electrons. The van der Waals surface area contributed by atoms with Crippen molar-refractivity contribution >= 4 is 88.0 Å². The highest BCUT2D eigenvalue weighted by molar-refractivity contribution is 6.39. The van der Waals surface area contributed by atoms with Gasteiger partial charge >= 0.3 is 0 Å². The molecule has 10 rings (SSSR count). The number of hydrogen-bond acceptors (Lipinski definition) is 2. The zero-order valence-corrected chi connectivity index (χ0v) is 39.6. The molecule has 10 aromatic carbocycles. The largest absolute Gasteiger partial charge is 0.309 e. The molecule has 0 saturated heterocycles. The molecule has 0 aliphatic rings. The topological polar surface area (TPSA) is 6.48 Å². The van der Waals surface area contributed by atoms with Crippen LogP contribution in [-0.2, 0) is 0 Å². The van der Waals surface area contributed by atoms with E-state index in [1.807, 2.05) is 0 Å². The third kappa shape index (κ3) is 6.53. The summed E-state index contributed by atoms with van der Waals surface area (Å²) in [7, 11) is 0. The number of aryl methyl sites for hydroxylation is 12. The highest BCUT2D eigenvalue weighted by Crippen LogP contribution is 2.50. The number of benzene rings is 10. The van der Waals surface area contributed by atoms with Crippen molar-refractivity contribution in [2.24, 2.45) is 0 Å². The fourth-order valence-electron chi connectivity index (χ4n) is 11.8. The number of rotatable bonds is 6. The van der Waals surface area contributed by atoms with Crippen LogP contribution in [0.25, 0.3) is 53.9 Å². The summed E-state index contributed by atoms with van der Waals surface area (Å²) >= 11 is 0. The maximum atomic E-state index is 2.54. The van der Waals surface area contributed by atoms with Crippen molar-refractivity contribution in [1.82, 2.24) is 0 Å². The molecule has 0 N–H and O–H groups in total. The van der Waals surface area contributed by atoms with Crippen LogP contribution in [0.2, 0.25) is 0 Å². The van der Waals surface area contributed by atoms with Crippen LogP contribution in [0.4, 0.5) is 34.1 Å². The molecule has 0 aliphatic carbocycles. The van der Waals surface area contributed by atoms with Gasteiger partial charge in [-0.2, -0.15) is 0 Å². The standard InChI is InChI=1S/C62H58N2/c1-35-25-39(5)59(40(6)26-35)63(60-41(7)27-36(2)28-42(60)8)47-21-23-53-55(33-47)49-17-13-15-19-51(49)58-54-24-22-48(34-56(54)50-18-14-16-20-52(50)57(53)58)64(61-43(9)29-37(3)30-44(61)10)62-45(11)31-38(4)32-46(62)12/h13-34H,1-12H3. The Bertz CT molecular complexity index is 3140. The Morgan fingerprint density at radius 3 is 0.734 bits per heavy atom. The van der Waals surface area contributed by atoms with Gasteiger partial charge in [0.25, 0.3) is 0 Å². The van der Waals surface area contributed by atoms with Gasteiger partial charge in [0, 0.05) is 11.4 Å². The summed E-state index contributed by atoms with van der Waals surface area (Å²) in [4.78, 5) is 5.07. The van der Waals surface area contributed by atoms with Crippen LogP contribution in [0.1, 0.15) is 66.8 Å². The molecule has 0 atom stereocenters. The molecule has 2 heteroatoms. The molecule has 316 valence electrons. The summed E-state index contributed by atoms with van der Waals surface area (Å²) in [5.41, 5.74) is 22.7. The smallest absolute Gasteiger partial charge is 0.0520 e. The maximum absolute atomic E-state index is 2.54. The summed E-state index contributed by atoms with van der Waals surface area (Å²) in [6.07, 6.45) is 0. The maximum Gasteiger partial charge on any atom is 0.0520 e. The van der Waals surface area contributed by atoms with Gasteiger partial charge in [-0.05, 0) is 206 Å². The van der Waals surface area contributed by atoms with E-state index >= 15 is 0 Å². The molecular weight excluding hydrogens is 773 g/mol. The Hall–Kier alpha value is -6.90. The van der Waals surface area contributed by atoms with Crippen LogP contribution in [0.3, 0.4) is 0 Å². The van der Waals surface area contributed by atoms with Gasteiger partial charge in [-0.1, -0.05) is 131 Å². The molecular formula is C62H58N2. The van der Waals surface area contributed by atoms with Gasteiger partial charge in [0.15, 0.2) is 0 Å². The number of hydrogen-bond donors (Lipinski definition) is 0. The van der Waals surface area contributed by atoms with Gasteiger partial charge < -0.3 is 9.80 Å². The van der Waals surface area contributed by atoms with Crippen LogP contribution in [-0.4, -0.2) is 0 Å². The summed E-state index contributed by atoms with van der Waals surface area (Å²) in [6, 6.07) is 51.3. The van der Waals surface area contributed by atoms with E-state index in [4.69, 9.17) is 0 Å². The lowest BCUT2D eigenvalue weighted by Crippen LogP contribution is -2.16. The first kappa shape index (κ1) is 41.1. The molecule has 0 amide bonds. The Kier molecular flexibility index (Phi) is 9.91. The molecule has 0 heterocycles. The van der Waals surface area contributed by atoms with E-state index in [0.29, 0.717) is 0 Å². The minimum atomic E-state index is 1.17. The fraction of sp³-hybridized carbons (Fsp3) is 0.194. The van der Waals surface area contributed by atoms with Crippen LogP contribution in [0, 0.1) is 83.1 Å². The summed E-state index contributed by atoms with van der Waals surface area (Å²) < 4.78 is 0. The normalized spacial score (nSPS) is 11.8. The van der Waals surface area contributed by atoms with Gasteiger partial charge in [0.05, 0.1) is 22.7 Å². The van der Waals surface area contributed by atoms with E-state index in [2.05, 4.69) is 226 Å². The molecule has 0 bridgehead atoms. The van der Waals surface area contributed by atoms with Gasteiger partial charge in [-0.15, -0.1) is 0 Å². The molecule has 0 fully saturated rings. The third-order valence-electron chi connectivity index (χ3n) is 13.7. The van der Waals surface area contributed by atoms with Crippen molar-refractivity contribution in [3.05, 3.63) is 200 Å². The van der Waals surface area contributed by atoms with E-state index in [9.17, 15) is 0 Å². The van der Waals surface area contributed by atoms with Crippen molar-refractivity contribution in [1.29, 1.82) is 0 Å². The quantitative estimate of drug-likeness (QED) is 0.154. The van der Waals surface area contributed by atoms with Crippen LogP contribution in [0.15, 0.2) is 133 Å². The molecule has 0 aliphatic heterocycles. The van der Waals surface area contributed by atoms with E-state index in [0.717, 1.165) is 0 Å². The highest BCUT2D eigenvalue weighted by atomic mass is 15.2. The summed E-state index contributed by atoms with van der Waals surface area (Å²) in [5.74, 6) is 0. The predicted molar refractivity (Wildman–Crippen MR) is 280 cm³/mol. The lowest BCUT2D eigenvalue weighted by Gasteiger charge is -2.32. The van der Waals surface area contributed by atoms with Crippen molar-refractivity contribution < 1.29 is 0 Å². The van der Waals surface area contributed by atoms with Crippen LogP contribution < -0.4 is 9.80 Å². The zero-order chi connectivity index (χ0) is 44.9. The number of anilines is 6. The second kappa shape index (κ2) is 15.4. The summed E-state index contributed by atoms with van der Waals surface area (Å²) in [5, 5.41) is 12.8. The average Bonchev–Trinajstić information content (AvgIpc) is 3.23. The van der Waals surface area contributed by atoms with Gasteiger partial charge in [0.1, 0.15) is 0 Å². The number of nitrogens with zero attached hydrogens (tertiary/aromatic N) is 2. The number of fused-ring (bicyclic) bond motifs is 11. The predicted octanol–water partition coefficient (Wildman–Crippen LogP) is 18.1. The van der Waals surface area contributed by atoms with E-state index in [1.165, 1.54) is 155 Å².